The summed E-state index contributed by atoms with van der Waals surface area (Å²) in [6.45, 7) is 2.82. The van der Waals surface area contributed by atoms with Crippen LogP contribution >= 0.6 is 0 Å². The Morgan fingerprint density at radius 3 is 2.30 bits per heavy atom. The van der Waals surface area contributed by atoms with Crippen LogP contribution < -0.4 is 5.73 Å². The summed E-state index contributed by atoms with van der Waals surface area (Å²) < 4.78 is 0. The van der Waals surface area contributed by atoms with Gasteiger partial charge in [0.25, 0.3) is 0 Å². The van der Waals surface area contributed by atoms with Crippen LogP contribution in [-0.4, -0.2) is 59.0 Å². The van der Waals surface area contributed by atoms with Gasteiger partial charge in [0.2, 0.25) is 5.91 Å². The molecule has 0 aromatic carbocycles. The van der Waals surface area contributed by atoms with Gasteiger partial charge in [-0.3, -0.25) is 4.79 Å². The Labute approximate surface area is 118 Å². The molecule has 20 heavy (non-hydrogen) atoms. The third-order valence-electron chi connectivity index (χ3n) is 3.82. The first kappa shape index (κ1) is 16.3. The first-order valence-electron chi connectivity index (χ1n) is 6.89. The van der Waals surface area contributed by atoms with Crippen molar-refractivity contribution in [3.05, 3.63) is 0 Å². The predicted molar refractivity (Wildman–Crippen MR) is 73.0 cm³/mol. The molecule has 0 aromatic rings. The van der Waals surface area contributed by atoms with Gasteiger partial charge in [0, 0.05) is 26.6 Å². The molecule has 0 aliphatic carbocycles. The molecular weight excluding hydrogens is 262 g/mol. The third kappa shape index (κ3) is 4.11. The number of primary amides is 1. The molecule has 7 nitrogen and oxygen atoms in total. The number of rotatable bonds is 5. The van der Waals surface area contributed by atoms with Crippen LogP contribution in [0.25, 0.3) is 0 Å². The van der Waals surface area contributed by atoms with Crippen LogP contribution in [0.3, 0.4) is 0 Å². The molecule has 0 radical (unpaired) electrons. The van der Waals surface area contributed by atoms with E-state index in [9.17, 15) is 14.4 Å². The molecule has 0 saturated carbocycles. The minimum atomic E-state index is -0.994. The van der Waals surface area contributed by atoms with Crippen LogP contribution in [0.2, 0.25) is 0 Å². The molecule has 1 aliphatic rings. The second-order valence-corrected chi connectivity index (χ2v) is 5.26. The topological polar surface area (TPSA) is 104 Å². The average Bonchev–Trinajstić information content (AvgIpc) is 2.38. The number of likely N-dealkylation sites (N-methyl/N-ethyl adjacent to an activating group) is 1. The van der Waals surface area contributed by atoms with Crippen LogP contribution in [0.1, 0.15) is 32.6 Å². The Hall–Kier alpha value is -1.79. The van der Waals surface area contributed by atoms with E-state index in [2.05, 4.69) is 0 Å². The van der Waals surface area contributed by atoms with Gasteiger partial charge in [-0.1, -0.05) is 6.92 Å². The van der Waals surface area contributed by atoms with E-state index in [-0.39, 0.29) is 17.9 Å². The highest BCUT2D eigenvalue weighted by Crippen LogP contribution is 2.21. The van der Waals surface area contributed by atoms with Crippen molar-refractivity contribution in [2.24, 2.45) is 11.7 Å². The normalized spacial score (nSPS) is 17.6. The van der Waals surface area contributed by atoms with Crippen LogP contribution in [0.15, 0.2) is 0 Å². The summed E-state index contributed by atoms with van der Waals surface area (Å²) >= 11 is 0. The molecule has 1 saturated heterocycles. The maximum Gasteiger partial charge on any atom is 0.326 e. The number of carboxylic acid groups (broad SMARTS) is 1. The maximum atomic E-state index is 12.2. The number of hydrogen-bond acceptors (Lipinski definition) is 3. The first-order valence-corrected chi connectivity index (χ1v) is 6.89. The largest absolute Gasteiger partial charge is 0.480 e. The quantitative estimate of drug-likeness (QED) is 0.767. The van der Waals surface area contributed by atoms with Gasteiger partial charge < -0.3 is 20.6 Å². The molecule has 1 aliphatic heterocycles. The van der Waals surface area contributed by atoms with E-state index < -0.39 is 12.0 Å². The zero-order valence-electron chi connectivity index (χ0n) is 12.0. The lowest BCUT2D eigenvalue weighted by Crippen LogP contribution is -2.51. The SMILES string of the molecule is CCC(C(=O)O)N(C)C(=O)N1CCC(CC(N)=O)CC1. The lowest BCUT2D eigenvalue weighted by atomic mass is 9.93. The highest BCUT2D eigenvalue weighted by molar-refractivity contribution is 5.82. The van der Waals surface area contributed by atoms with E-state index in [1.54, 1.807) is 11.8 Å². The molecule has 3 N–H and O–H groups in total. The summed E-state index contributed by atoms with van der Waals surface area (Å²) in [5.74, 6) is -1.08. The zero-order valence-corrected chi connectivity index (χ0v) is 12.0. The molecule has 1 rings (SSSR count). The number of carboxylic acids is 1. The van der Waals surface area contributed by atoms with E-state index in [0.29, 0.717) is 25.9 Å². The molecule has 0 bridgehead atoms. The van der Waals surface area contributed by atoms with Crippen LogP contribution in [0, 0.1) is 5.92 Å². The number of carbonyl (C=O) groups is 3. The summed E-state index contributed by atoms with van der Waals surface area (Å²) in [6.07, 6.45) is 2.18. The average molecular weight is 285 g/mol. The molecule has 1 heterocycles. The highest BCUT2D eigenvalue weighted by Gasteiger charge is 2.30. The molecule has 1 atom stereocenters. The molecular formula is C13H23N3O4. The van der Waals surface area contributed by atoms with Gasteiger partial charge in [-0.25, -0.2) is 9.59 Å². The first-order chi connectivity index (χ1) is 9.36. The minimum Gasteiger partial charge on any atom is -0.480 e. The molecule has 0 spiro atoms. The molecule has 7 heteroatoms. The number of nitrogens with zero attached hydrogens (tertiary/aromatic N) is 2. The summed E-state index contributed by atoms with van der Waals surface area (Å²) in [4.78, 5) is 37.1. The number of amides is 3. The second-order valence-electron chi connectivity index (χ2n) is 5.26. The maximum absolute atomic E-state index is 12.2. The molecule has 0 aromatic heterocycles. The van der Waals surface area contributed by atoms with Crippen molar-refractivity contribution < 1.29 is 19.5 Å². The minimum absolute atomic E-state index is 0.225. The Balaban J connectivity index is 2.53. The number of nitrogens with two attached hydrogens (primary N) is 1. The van der Waals surface area contributed by atoms with Gasteiger partial charge in [-0.15, -0.1) is 0 Å². The fourth-order valence-electron chi connectivity index (χ4n) is 2.58. The van der Waals surface area contributed by atoms with Gasteiger partial charge >= 0.3 is 12.0 Å². The van der Waals surface area contributed by atoms with Crippen LogP contribution in [-0.2, 0) is 9.59 Å². The number of aliphatic carboxylic acids is 1. The highest BCUT2D eigenvalue weighted by atomic mass is 16.4. The fourth-order valence-corrected chi connectivity index (χ4v) is 2.58. The number of hydrogen-bond donors (Lipinski definition) is 2. The zero-order chi connectivity index (χ0) is 15.3. The van der Waals surface area contributed by atoms with Crippen molar-refractivity contribution in [1.82, 2.24) is 9.80 Å². The van der Waals surface area contributed by atoms with Gasteiger partial charge in [-0.2, -0.15) is 0 Å². The number of urea groups is 1. The molecule has 3 amide bonds. The summed E-state index contributed by atoms with van der Waals surface area (Å²) in [5.41, 5.74) is 5.16. The van der Waals surface area contributed by atoms with E-state index in [0.717, 1.165) is 12.8 Å². The summed E-state index contributed by atoms with van der Waals surface area (Å²) in [7, 11) is 1.51. The van der Waals surface area contributed by atoms with Gasteiger partial charge in [0.15, 0.2) is 0 Å². The molecule has 1 fully saturated rings. The van der Waals surface area contributed by atoms with E-state index in [1.165, 1.54) is 11.9 Å². The number of likely N-dealkylation sites (tertiary alicyclic amines) is 1. The van der Waals surface area contributed by atoms with Gasteiger partial charge in [-0.05, 0) is 25.2 Å². The lowest BCUT2D eigenvalue weighted by Gasteiger charge is -2.35. The Morgan fingerprint density at radius 1 is 1.35 bits per heavy atom. The van der Waals surface area contributed by atoms with E-state index in [1.807, 2.05) is 0 Å². The van der Waals surface area contributed by atoms with Gasteiger partial charge in [0.1, 0.15) is 6.04 Å². The standard InChI is InChI=1S/C13H23N3O4/c1-3-10(12(18)19)15(2)13(20)16-6-4-9(5-7-16)8-11(14)17/h9-10H,3-8H2,1-2H3,(H2,14,17)(H,18,19). The third-order valence-corrected chi connectivity index (χ3v) is 3.82. The predicted octanol–water partition coefficient (Wildman–Crippen LogP) is 0.489. The van der Waals surface area contributed by atoms with Crippen LogP contribution in [0.5, 0.6) is 0 Å². The van der Waals surface area contributed by atoms with Crippen molar-refractivity contribution in [1.29, 1.82) is 0 Å². The summed E-state index contributed by atoms with van der Waals surface area (Å²) in [5, 5.41) is 9.07. The Bertz CT molecular complexity index is 378. The van der Waals surface area contributed by atoms with E-state index in [4.69, 9.17) is 10.8 Å². The van der Waals surface area contributed by atoms with Gasteiger partial charge in [0.05, 0.1) is 0 Å². The monoisotopic (exact) mass is 285 g/mol. The smallest absolute Gasteiger partial charge is 0.326 e. The Kier molecular flexibility index (Phi) is 5.79. The number of carbonyl (C=O) groups excluding carboxylic acids is 2. The second kappa shape index (κ2) is 7.12. The van der Waals surface area contributed by atoms with Crippen LogP contribution in [0.4, 0.5) is 4.79 Å². The fraction of sp³-hybridized carbons (Fsp3) is 0.769. The summed E-state index contributed by atoms with van der Waals surface area (Å²) in [6, 6.07) is -1.07. The van der Waals surface area contributed by atoms with E-state index >= 15 is 0 Å². The van der Waals surface area contributed by atoms with Crippen molar-refractivity contribution in [2.45, 2.75) is 38.6 Å². The molecule has 114 valence electrons. The van der Waals surface area contributed by atoms with Crippen molar-refractivity contribution in [3.63, 3.8) is 0 Å². The molecule has 1 unspecified atom stereocenters. The lowest BCUT2D eigenvalue weighted by molar-refractivity contribution is -0.142. The number of piperidine rings is 1. The van der Waals surface area contributed by atoms with Crippen molar-refractivity contribution in [3.8, 4) is 0 Å². The van der Waals surface area contributed by atoms with Crippen molar-refractivity contribution in [2.75, 3.05) is 20.1 Å². The van der Waals surface area contributed by atoms with Crippen molar-refractivity contribution >= 4 is 17.9 Å². The Morgan fingerprint density at radius 2 is 1.90 bits per heavy atom.